The molecule has 17 heavy (non-hydrogen) atoms. The van der Waals surface area contributed by atoms with Crippen molar-refractivity contribution < 1.29 is 4.79 Å². The molecule has 3 unspecified atom stereocenters. The third-order valence-corrected chi connectivity index (χ3v) is 5.01. The summed E-state index contributed by atoms with van der Waals surface area (Å²) in [7, 11) is 0. The van der Waals surface area contributed by atoms with E-state index in [-0.39, 0.29) is 12.2 Å². The third-order valence-electron chi connectivity index (χ3n) is 3.81. The van der Waals surface area contributed by atoms with Crippen LogP contribution in [0.3, 0.4) is 0 Å². The van der Waals surface area contributed by atoms with E-state index >= 15 is 0 Å². The molecule has 0 saturated carbocycles. The maximum atomic E-state index is 12.5. The maximum absolute atomic E-state index is 12.5. The molecule has 0 radical (unpaired) electrons. The number of nitrogens with zero attached hydrogens (tertiary/aromatic N) is 1. The summed E-state index contributed by atoms with van der Waals surface area (Å²) in [5.41, 5.74) is 0. The molecule has 1 N–H and O–H groups in total. The first-order valence-corrected chi connectivity index (χ1v) is 7.96. The first-order valence-electron chi connectivity index (χ1n) is 6.81. The number of carbonyl (C=O) groups excluding carboxylic acids is 1. The summed E-state index contributed by atoms with van der Waals surface area (Å²) in [4.78, 5) is 14.6. The van der Waals surface area contributed by atoms with Crippen molar-refractivity contribution in [3.63, 3.8) is 0 Å². The molecule has 98 valence electrons. The van der Waals surface area contributed by atoms with Crippen molar-refractivity contribution in [1.29, 1.82) is 0 Å². The van der Waals surface area contributed by atoms with Gasteiger partial charge in [-0.1, -0.05) is 20.8 Å². The van der Waals surface area contributed by atoms with Gasteiger partial charge in [-0.15, -0.1) is 0 Å². The lowest BCUT2D eigenvalue weighted by Gasteiger charge is -2.34. The lowest BCUT2D eigenvalue weighted by Crippen LogP contribution is -2.46. The molecule has 2 heterocycles. The van der Waals surface area contributed by atoms with Crippen LogP contribution < -0.4 is 5.32 Å². The molecule has 2 fully saturated rings. The van der Waals surface area contributed by atoms with Gasteiger partial charge in [-0.2, -0.15) is 11.8 Å². The van der Waals surface area contributed by atoms with Crippen molar-refractivity contribution in [3.05, 3.63) is 0 Å². The van der Waals surface area contributed by atoms with E-state index in [2.05, 4.69) is 31.0 Å². The second-order valence-corrected chi connectivity index (χ2v) is 6.58. The monoisotopic (exact) mass is 256 g/mol. The number of nitrogens with one attached hydrogen (secondary N) is 1. The highest BCUT2D eigenvalue weighted by Crippen LogP contribution is 2.28. The van der Waals surface area contributed by atoms with Crippen LogP contribution >= 0.6 is 11.8 Å². The maximum Gasteiger partial charge on any atom is 0.241 e. The first-order chi connectivity index (χ1) is 8.15. The SMILES string of the molecule is CCC1NC(C(C)C)C(=O)N1C1CCCSC1. The fourth-order valence-corrected chi connectivity index (χ4v) is 3.98. The standard InChI is InChI=1S/C13H24N2OS/c1-4-11-14-12(9(2)3)13(16)15(11)10-6-5-7-17-8-10/h9-12,14H,4-8H2,1-3H3. The summed E-state index contributed by atoms with van der Waals surface area (Å²) in [6, 6.07) is 0.495. The fourth-order valence-electron chi connectivity index (χ4n) is 2.84. The van der Waals surface area contributed by atoms with E-state index < -0.39 is 0 Å². The van der Waals surface area contributed by atoms with Gasteiger partial charge in [0.05, 0.1) is 12.2 Å². The van der Waals surface area contributed by atoms with Crippen LogP contribution in [0.2, 0.25) is 0 Å². The van der Waals surface area contributed by atoms with Gasteiger partial charge in [0.1, 0.15) is 0 Å². The number of hydrogen-bond donors (Lipinski definition) is 1. The van der Waals surface area contributed by atoms with E-state index in [0.717, 1.165) is 12.2 Å². The predicted molar refractivity (Wildman–Crippen MR) is 73.0 cm³/mol. The van der Waals surface area contributed by atoms with E-state index in [1.807, 2.05) is 11.8 Å². The molecule has 4 heteroatoms. The summed E-state index contributed by atoms with van der Waals surface area (Å²) < 4.78 is 0. The van der Waals surface area contributed by atoms with Crippen LogP contribution in [0.25, 0.3) is 0 Å². The Labute approximate surface area is 109 Å². The van der Waals surface area contributed by atoms with Crippen molar-refractivity contribution in [3.8, 4) is 0 Å². The van der Waals surface area contributed by atoms with Crippen LogP contribution in [0, 0.1) is 5.92 Å². The topological polar surface area (TPSA) is 32.3 Å². The molecule has 2 rings (SSSR count). The first kappa shape index (κ1) is 13.2. The molecule has 3 atom stereocenters. The molecule has 0 bridgehead atoms. The van der Waals surface area contributed by atoms with Crippen LogP contribution in [0.5, 0.6) is 0 Å². The Morgan fingerprint density at radius 2 is 2.29 bits per heavy atom. The Bertz CT molecular complexity index is 277. The largest absolute Gasteiger partial charge is 0.322 e. The van der Waals surface area contributed by atoms with E-state index in [0.29, 0.717) is 17.9 Å². The molecule has 0 aromatic rings. The summed E-state index contributed by atoms with van der Waals surface area (Å²) >= 11 is 1.99. The Balaban J connectivity index is 2.10. The van der Waals surface area contributed by atoms with E-state index in [4.69, 9.17) is 0 Å². The molecule has 2 saturated heterocycles. The number of rotatable bonds is 3. The van der Waals surface area contributed by atoms with Crippen LogP contribution in [0.15, 0.2) is 0 Å². The Morgan fingerprint density at radius 1 is 1.53 bits per heavy atom. The zero-order valence-corrected chi connectivity index (χ0v) is 11.9. The zero-order chi connectivity index (χ0) is 12.4. The van der Waals surface area contributed by atoms with Crippen molar-refractivity contribution in [1.82, 2.24) is 10.2 Å². The number of thioether (sulfide) groups is 1. The van der Waals surface area contributed by atoms with Gasteiger partial charge in [0, 0.05) is 11.8 Å². The van der Waals surface area contributed by atoms with E-state index in [1.165, 1.54) is 18.6 Å². The van der Waals surface area contributed by atoms with Crippen LogP contribution in [0.1, 0.15) is 40.0 Å². The molecular formula is C13H24N2OS. The lowest BCUT2D eigenvalue weighted by molar-refractivity contribution is -0.132. The third kappa shape index (κ3) is 2.63. The molecule has 0 spiro atoms. The predicted octanol–water partition coefficient (Wildman–Crippen LogP) is 2.07. The van der Waals surface area contributed by atoms with Gasteiger partial charge in [0.25, 0.3) is 0 Å². The minimum Gasteiger partial charge on any atom is -0.322 e. The summed E-state index contributed by atoms with van der Waals surface area (Å²) in [5, 5.41) is 3.50. The lowest BCUT2D eigenvalue weighted by atomic mass is 10.0. The highest BCUT2D eigenvalue weighted by molar-refractivity contribution is 7.99. The van der Waals surface area contributed by atoms with Gasteiger partial charge < -0.3 is 4.90 Å². The minimum absolute atomic E-state index is 0.0341. The second kappa shape index (κ2) is 5.61. The van der Waals surface area contributed by atoms with Crippen molar-refractivity contribution in [2.24, 2.45) is 5.92 Å². The Kier molecular flexibility index (Phi) is 4.36. The summed E-state index contributed by atoms with van der Waals surface area (Å²) in [6.07, 6.45) is 3.71. The quantitative estimate of drug-likeness (QED) is 0.839. The van der Waals surface area contributed by atoms with Gasteiger partial charge in [0.15, 0.2) is 0 Å². The van der Waals surface area contributed by atoms with Crippen molar-refractivity contribution in [2.45, 2.75) is 58.3 Å². The highest BCUT2D eigenvalue weighted by atomic mass is 32.2. The summed E-state index contributed by atoms with van der Waals surface area (Å²) in [5.74, 6) is 3.10. The molecule has 0 aliphatic carbocycles. The minimum atomic E-state index is 0.0341. The van der Waals surface area contributed by atoms with Gasteiger partial charge in [-0.3, -0.25) is 10.1 Å². The van der Waals surface area contributed by atoms with E-state index in [9.17, 15) is 4.79 Å². The second-order valence-electron chi connectivity index (χ2n) is 5.43. The number of carbonyl (C=O) groups is 1. The smallest absolute Gasteiger partial charge is 0.241 e. The molecule has 3 nitrogen and oxygen atoms in total. The van der Waals surface area contributed by atoms with Crippen molar-refractivity contribution >= 4 is 17.7 Å². The van der Waals surface area contributed by atoms with Gasteiger partial charge in [0.2, 0.25) is 5.91 Å². The van der Waals surface area contributed by atoms with Crippen LogP contribution in [-0.2, 0) is 4.79 Å². The average molecular weight is 256 g/mol. The Hall–Kier alpha value is -0.220. The highest BCUT2D eigenvalue weighted by Gasteiger charge is 2.42. The average Bonchev–Trinajstić information content (AvgIpc) is 2.67. The molecule has 0 aromatic heterocycles. The molecule has 2 aliphatic rings. The molecular weight excluding hydrogens is 232 g/mol. The number of hydrogen-bond acceptors (Lipinski definition) is 3. The van der Waals surface area contributed by atoms with Crippen molar-refractivity contribution in [2.75, 3.05) is 11.5 Å². The van der Waals surface area contributed by atoms with E-state index in [1.54, 1.807) is 0 Å². The molecule has 2 aliphatic heterocycles. The van der Waals surface area contributed by atoms with Crippen LogP contribution in [0.4, 0.5) is 0 Å². The summed E-state index contributed by atoms with van der Waals surface area (Å²) in [6.45, 7) is 6.42. The Morgan fingerprint density at radius 3 is 2.82 bits per heavy atom. The molecule has 1 amide bonds. The normalized spacial score (nSPS) is 34.7. The van der Waals surface area contributed by atoms with Gasteiger partial charge >= 0.3 is 0 Å². The molecule has 0 aromatic carbocycles. The zero-order valence-electron chi connectivity index (χ0n) is 11.1. The fraction of sp³-hybridized carbons (Fsp3) is 0.923. The van der Waals surface area contributed by atoms with Crippen LogP contribution in [-0.4, -0.2) is 40.6 Å². The van der Waals surface area contributed by atoms with Gasteiger partial charge in [-0.25, -0.2) is 0 Å². The number of amides is 1. The van der Waals surface area contributed by atoms with Gasteiger partial charge in [-0.05, 0) is 30.9 Å².